The minimum absolute atomic E-state index is 0.283. The number of hydrogen-bond acceptors (Lipinski definition) is 17. The molecule has 0 spiro atoms. The fourth-order valence-electron chi connectivity index (χ4n) is 3.40. The van der Waals surface area contributed by atoms with Gasteiger partial charge in [0.1, 0.15) is 0 Å². The van der Waals surface area contributed by atoms with E-state index in [1.54, 1.807) is 0 Å². The molecular formula is C16H8N8O15. The molecule has 0 saturated heterocycles. The third kappa shape index (κ3) is 4.47. The summed E-state index contributed by atoms with van der Waals surface area (Å²) in [7, 11) is 1.56. The van der Waals surface area contributed by atoms with Crippen LogP contribution < -0.4 is 9.47 Å². The lowest BCUT2D eigenvalue weighted by Crippen LogP contribution is -2.04. The molecule has 0 aliphatic heterocycles. The second kappa shape index (κ2) is 9.91. The van der Waals surface area contributed by atoms with Gasteiger partial charge in [-0.15, -0.1) is 10.2 Å². The first-order valence-corrected chi connectivity index (χ1v) is 9.47. The summed E-state index contributed by atoms with van der Waals surface area (Å²) in [6.07, 6.45) is 0. The minimum atomic E-state index is -1.39. The fourth-order valence-corrected chi connectivity index (χ4v) is 3.40. The van der Waals surface area contributed by atoms with E-state index in [0.717, 1.165) is 14.2 Å². The van der Waals surface area contributed by atoms with Crippen molar-refractivity contribution < 1.29 is 43.4 Å². The number of ether oxygens (including phenoxy) is 2. The van der Waals surface area contributed by atoms with Crippen LogP contribution in [-0.2, 0) is 0 Å². The van der Waals surface area contributed by atoms with Crippen LogP contribution in [-0.4, -0.2) is 54.0 Å². The monoisotopic (exact) mass is 552 g/mol. The van der Waals surface area contributed by atoms with Crippen molar-refractivity contribution in [3.05, 3.63) is 72.8 Å². The molecule has 39 heavy (non-hydrogen) atoms. The molecule has 0 aliphatic rings. The average molecular weight is 552 g/mol. The van der Waals surface area contributed by atoms with Crippen LogP contribution in [0.3, 0.4) is 0 Å². The van der Waals surface area contributed by atoms with Crippen molar-refractivity contribution in [2.24, 2.45) is 0 Å². The number of methoxy groups -OCH3 is 2. The Bertz CT molecular complexity index is 1500. The first-order chi connectivity index (χ1) is 18.3. The van der Waals surface area contributed by atoms with E-state index < -0.39 is 98.1 Å². The number of nitro benzene ring substituents is 6. The lowest BCUT2D eigenvalue weighted by atomic mass is 10.1. The quantitative estimate of drug-likeness (QED) is 0.257. The van der Waals surface area contributed by atoms with Crippen LogP contribution in [0.1, 0.15) is 0 Å². The van der Waals surface area contributed by atoms with Crippen LogP contribution in [0.5, 0.6) is 11.5 Å². The summed E-state index contributed by atoms with van der Waals surface area (Å²) in [5.74, 6) is -4.42. The van der Waals surface area contributed by atoms with Crippen LogP contribution in [0, 0.1) is 60.7 Å². The van der Waals surface area contributed by atoms with E-state index in [1.807, 2.05) is 0 Å². The van der Waals surface area contributed by atoms with E-state index in [1.165, 1.54) is 0 Å². The largest absolute Gasteiger partial charge is 0.485 e. The SMILES string of the molecule is COc1c([N+](=O)[O-])cc([N+](=O)[O-])c(-c2nnc(-c3c([N+](=O)[O-])cc([N+](=O)[O-])c(OC)c3[N+](=O)[O-])o2)c1[N+](=O)[O-]. The van der Waals surface area contributed by atoms with E-state index in [4.69, 9.17) is 13.9 Å². The molecule has 1 heterocycles. The number of nitro groups is 6. The molecule has 202 valence electrons. The predicted molar refractivity (Wildman–Crippen MR) is 118 cm³/mol. The van der Waals surface area contributed by atoms with E-state index in [0.29, 0.717) is 0 Å². The van der Waals surface area contributed by atoms with Crippen molar-refractivity contribution in [3.63, 3.8) is 0 Å². The Morgan fingerprint density at radius 3 is 1.10 bits per heavy atom. The Hall–Kier alpha value is -6.42. The highest BCUT2D eigenvalue weighted by Gasteiger charge is 2.44. The molecule has 0 saturated carbocycles. The molecule has 1 aromatic heterocycles. The fraction of sp³-hybridized carbons (Fsp3) is 0.125. The second-order valence-electron chi connectivity index (χ2n) is 6.80. The maximum atomic E-state index is 11.8. The van der Waals surface area contributed by atoms with Gasteiger partial charge >= 0.3 is 22.7 Å². The Kier molecular flexibility index (Phi) is 6.91. The zero-order valence-electron chi connectivity index (χ0n) is 18.9. The third-order valence-corrected chi connectivity index (χ3v) is 4.84. The molecule has 3 rings (SSSR count). The maximum Gasteiger partial charge on any atom is 0.337 e. The van der Waals surface area contributed by atoms with Gasteiger partial charge in [0.2, 0.25) is 0 Å². The first-order valence-electron chi connectivity index (χ1n) is 9.47. The van der Waals surface area contributed by atoms with Gasteiger partial charge in [-0.05, 0) is 0 Å². The molecule has 0 N–H and O–H groups in total. The van der Waals surface area contributed by atoms with Crippen LogP contribution in [0.15, 0.2) is 16.5 Å². The van der Waals surface area contributed by atoms with Gasteiger partial charge < -0.3 is 13.9 Å². The summed E-state index contributed by atoms with van der Waals surface area (Å²) < 4.78 is 14.5. The number of benzene rings is 2. The Morgan fingerprint density at radius 2 is 0.872 bits per heavy atom. The maximum absolute atomic E-state index is 11.8. The molecule has 0 atom stereocenters. The molecule has 0 fully saturated rings. The summed E-state index contributed by atoms with van der Waals surface area (Å²) in [5, 5.41) is 76.3. The highest BCUT2D eigenvalue weighted by molar-refractivity contribution is 5.88. The van der Waals surface area contributed by atoms with E-state index in [2.05, 4.69) is 10.2 Å². The smallest absolute Gasteiger partial charge is 0.337 e. The summed E-state index contributed by atoms with van der Waals surface area (Å²) >= 11 is 0. The summed E-state index contributed by atoms with van der Waals surface area (Å²) in [6, 6.07) is 0.565. The number of nitrogens with zero attached hydrogens (tertiary/aromatic N) is 8. The molecule has 3 aromatic rings. The van der Waals surface area contributed by atoms with Gasteiger partial charge in [0.05, 0.1) is 55.9 Å². The molecule has 0 unspecified atom stereocenters. The Balaban J connectivity index is 2.49. The molecular weight excluding hydrogens is 544 g/mol. The molecule has 23 heteroatoms. The standard InChI is InChI=1S/C16H8N8O15/c1-37-13-7(21(29)30)3-5(19(25)26)9(11(13)23(33)34)15-17-18-16(39-15)10-6(20(27)28)4-8(22(31)32)14(38-2)12(10)24(35)36/h3-4H,1-2H3. The Morgan fingerprint density at radius 1 is 0.564 bits per heavy atom. The lowest BCUT2D eigenvalue weighted by Gasteiger charge is -2.07. The van der Waals surface area contributed by atoms with Crippen LogP contribution in [0.4, 0.5) is 34.1 Å². The predicted octanol–water partition coefficient (Wildman–Crippen LogP) is 2.87. The summed E-state index contributed by atoms with van der Waals surface area (Å²) in [4.78, 5) is 62.0. The number of aromatic nitrogens is 2. The summed E-state index contributed by atoms with van der Waals surface area (Å²) in [5.41, 5.74) is -10.1. The van der Waals surface area contributed by atoms with E-state index >= 15 is 0 Å². The van der Waals surface area contributed by atoms with Crippen LogP contribution in [0.25, 0.3) is 22.9 Å². The zero-order chi connectivity index (χ0) is 29.3. The average Bonchev–Trinajstić information content (AvgIpc) is 3.34. The van der Waals surface area contributed by atoms with E-state index in [-0.39, 0.29) is 12.1 Å². The van der Waals surface area contributed by atoms with Crippen LogP contribution >= 0.6 is 0 Å². The molecule has 0 amide bonds. The van der Waals surface area contributed by atoms with Gasteiger partial charge in [-0.3, -0.25) is 60.7 Å². The topological polar surface area (TPSA) is 316 Å². The molecule has 0 aliphatic carbocycles. The minimum Gasteiger partial charge on any atom is -0.485 e. The van der Waals surface area contributed by atoms with Gasteiger partial charge in [0.25, 0.3) is 34.7 Å². The van der Waals surface area contributed by atoms with Crippen molar-refractivity contribution in [2.75, 3.05) is 14.2 Å². The highest BCUT2D eigenvalue weighted by Crippen LogP contribution is 2.51. The van der Waals surface area contributed by atoms with Crippen molar-refractivity contribution >= 4 is 34.1 Å². The van der Waals surface area contributed by atoms with Gasteiger partial charge in [-0.1, -0.05) is 0 Å². The van der Waals surface area contributed by atoms with Gasteiger partial charge in [0.15, 0.2) is 11.1 Å². The number of rotatable bonds is 10. The van der Waals surface area contributed by atoms with Crippen molar-refractivity contribution in [2.45, 2.75) is 0 Å². The van der Waals surface area contributed by atoms with Gasteiger partial charge in [0, 0.05) is 0 Å². The third-order valence-electron chi connectivity index (χ3n) is 4.84. The molecule has 23 nitrogen and oxygen atoms in total. The highest BCUT2D eigenvalue weighted by atomic mass is 16.7. The van der Waals surface area contributed by atoms with Crippen molar-refractivity contribution in [1.29, 1.82) is 0 Å². The van der Waals surface area contributed by atoms with E-state index in [9.17, 15) is 60.7 Å². The number of hydrogen-bond donors (Lipinski definition) is 0. The second-order valence-corrected chi connectivity index (χ2v) is 6.80. The first kappa shape index (κ1) is 27.2. The Labute approximate surface area is 210 Å². The molecule has 0 radical (unpaired) electrons. The molecule has 2 aromatic carbocycles. The zero-order valence-corrected chi connectivity index (χ0v) is 18.9. The van der Waals surface area contributed by atoms with Crippen molar-refractivity contribution in [1.82, 2.24) is 10.2 Å². The van der Waals surface area contributed by atoms with Crippen molar-refractivity contribution in [3.8, 4) is 34.4 Å². The normalized spacial score (nSPS) is 10.5. The van der Waals surface area contributed by atoms with Crippen LogP contribution in [0.2, 0.25) is 0 Å². The van der Waals surface area contributed by atoms with Gasteiger partial charge in [-0.2, -0.15) is 0 Å². The lowest BCUT2D eigenvalue weighted by molar-refractivity contribution is -0.403. The summed E-state index contributed by atoms with van der Waals surface area (Å²) in [6.45, 7) is 0. The molecule has 0 bridgehead atoms. The van der Waals surface area contributed by atoms with Gasteiger partial charge in [-0.25, -0.2) is 0 Å².